The standard InChI is InChI=1S/C13H13NO2/c1-2-9-10-6-4-3-5-8(10)7-11(15)12(9)13(14)16/h3-7,15H,2H2,1H3,(H2,14,16). The molecule has 16 heavy (non-hydrogen) atoms. The lowest BCUT2D eigenvalue weighted by Crippen LogP contribution is -2.14. The van der Waals surface area contributed by atoms with Gasteiger partial charge < -0.3 is 10.8 Å². The molecule has 2 aromatic carbocycles. The summed E-state index contributed by atoms with van der Waals surface area (Å²) < 4.78 is 0. The van der Waals surface area contributed by atoms with Crippen molar-refractivity contribution in [2.45, 2.75) is 13.3 Å². The van der Waals surface area contributed by atoms with Crippen molar-refractivity contribution in [3.8, 4) is 5.75 Å². The van der Waals surface area contributed by atoms with Gasteiger partial charge in [-0.05, 0) is 28.8 Å². The summed E-state index contributed by atoms with van der Waals surface area (Å²) in [6.07, 6.45) is 0.660. The lowest BCUT2D eigenvalue weighted by Gasteiger charge is -2.11. The third-order valence-corrected chi connectivity index (χ3v) is 2.74. The fraction of sp³-hybridized carbons (Fsp3) is 0.154. The number of phenols is 1. The van der Waals surface area contributed by atoms with E-state index in [0.29, 0.717) is 6.42 Å². The average Bonchev–Trinajstić information content (AvgIpc) is 2.26. The van der Waals surface area contributed by atoms with Crippen LogP contribution >= 0.6 is 0 Å². The van der Waals surface area contributed by atoms with Gasteiger partial charge in [0.25, 0.3) is 5.91 Å². The van der Waals surface area contributed by atoms with Crippen LogP contribution in [0.5, 0.6) is 5.75 Å². The first-order chi connectivity index (χ1) is 7.65. The number of rotatable bonds is 2. The number of fused-ring (bicyclic) bond motifs is 1. The van der Waals surface area contributed by atoms with Gasteiger partial charge in [-0.15, -0.1) is 0 Å². The molecule has 0 aliphatic carbocycles. The molecular weight excluding hydrogens is 202 g/mol. The number of amides is 1. The van der Waals surface area contributed by atoms with Gasteiger partial charge in [0.1, 0.15) is 5.75 Å². The minimum atomic E-state index is -0.583. The second kappa shape index (κ2) is 3.85. The maximum absolute atomic E-state index is 11.3. The predicted molar refractivity (Wildman–Crippen MR) is 63.5 cm³/mol. The Labute approximate surface area is 93.5 Å². The maximum Gasteiger partial charge on any atom is 0.252 e. The fourth-order valence-corrected chi connectivity index (χ4v) is 2.05. The van der Waals surface area contributed by atoms with E-state index < -0.39 is 5.91 Å². The number of nitrogens with two attached hydrogens (primary N) is 1. The topological polar surface area (TPSA) is 63.3 Å². The predicted octanol–water partition coefficient (Wildman–Crippen LogP) is 2.21. The van der Waals surface area contributed by atoms with Crippen molar-refractivity contribution < 1.29 is 9.90 Å². The number of benzene rings is 2. The summed E-state index contributed by atoms with van der Waals surface area (Å²) in [4.78, 5) is 11.3. The third kappa shape index (κ3) is 1.50. The van der Waals surface area contributed by atoms with E-state index in [9.17, 15) is 9.90 Å². The monoisotopic (exact) mass is 215 g/mol. The van der Waals surface area contributed by atoms with E-state index in [0.717, 1.165) is 16.3 Å². The van der Waals surface area contributed by atoms with Gasteiger partial charge in [0.05, 0.1) is 5.56 Å². The number of carbonyl (C=O) groups excluding carboxylic acids is 1. The van der Waals surface area contributed by atoms with Crippen LogP contribution in [0.4, 0.5) is 0 Å². The highest BCUT2D eigenvalue weighted by atomic mass is 16.3. The van der Waals surface area contributed by atoms with Gasteiger partial charge in [-0.25, -0.2) is 0 Å². The van der Waals surface area contributed by atoms with Crippen LogP contribution in [0.3, 0.4) is 0 Å². The first-order valence-corrected chi connectivity index (χ1v) is 5.18. The fourth-order valence-electron chi connectivity index (χ4n) is 2.05. The summed E-state index contributed by atoms with van der Waals surface area (Å²) in [6.45, 7) is 1.94. The second-order valence-corrected chi connectivity index (χ2v) is 3.69. The minimum absolute atomic E-state index is 0.0388. The highest BCUT2D eigenvalue weighted by Gasteiger charge is 2.15. The normalized spacial score (nSPS) is 10.6. The van der Waals surface area contributed by atoms with Crippen molar-refractivity contribution in [2.75, 3.05) is 0 Å². The van der Waals surface area contributed by atoms with Gasteiger partial charge in [-0.3, -0.25) is 4.79 Å². The Morgan fingerprint density at radius 2 is 2.06 bits per heavy atom. The molecule has 0 unspecified atom stereocenters. The zero-order chi connectivity index (χ0) is 11.7. The highest BCUT2D eigenvalue weighted by molar-refractivity contribution is 6.03. The molecule has 0 spiro atoms. The van der Waals surface area contributed by atoms with Gasteiger partial charge in [-0.2, -0.15) is 0 Å². The Morgan fingerprint density at radius 3 is 2.69 bits per heavy atom. The number of carbonyl (C=O) groups is 1. The van der Waals surface area contributed by atoms with Crippen molar-refractivity contribution in [3.05, 3.63) is 41.5 Å². The molecule has 1 amide bonds. The van der Waals surface area contributed by atoms with Crippen LogP contribution in [0.15, 0.2) is 30.3 Å². The van der Waals surface area contributed by atoms with Gasteiger partial charge in [-0.1, -0.05) is 31.2 Å². The summed E-state index contributed by atoms with van der Waals surface area (Å²) in [6, 6.07) is 9.21. The molecule has 0 aromatic heterocycles. The molecule has 3 heteroatoms. The van der Waals surface area contributed by atoms with E-state index in [1.54, 1.807) is 6.07 Å². The van der Waals surface area contributed by atoms with Crippen LogP contribution in [-0.4, -0.2) is 11.0 Å². The van der Waals surface area contributed by atoms with Crippen LogP contribution in [0.2, 0.25) is 0 Å². The minimum Gasteiger partial charge on any atom is -0.507 e. The van der Waals surface area contributed by atoms with E-state index in [1.165, 1.54) is 0 Å². The molecular formula is C13H13NO2. The zero-order valence-electron chi connectivity index (χ0n) is 9.03. The number of primary amides is 1. The molecule has 82 valence electrons. The summed E-state index contributed by atoms with van der Waals surface area (Å²) in [5.41, 5.74) is 6.33. The van der Waals surface area contributed by atoms with Crippen LogP contribution in [-0.2, 0) is 6.42 Å². The summed E-state index contributed by atoms with van der Waals surface area (Å²) >= 11 is 0. The van der Waals surface area contributed by atoms with E-state index >= 15 is 0 Å². The van der Waals surface area contributed by atoms with Crippen molar-refractivity contribution >= 4 is 16.7 Å². The van der Waals surface area contributed by atoms with Crippen molar-refractivity contribution in [1.29, 1.82) is 0 Å². The molecule has 0 aliphatic heterocycles. The number of hydrogen-bond acceptors (Lipinski definition) is 2. The Bertz CT molecular complexity index is 561. The van der Waals surface area contributed by atoms with Crippen molar-refractivity contribution in [2.24, 2.45) is 5.73 Å². The van der Waals surface area contributed by atoms with E-state index in [4.69, 9.17) is 5.73 Å². The smallest absolute Gasteiger partial charge is 0.252 e. The summed E-state index contributed by atoms with van der Waals surface area (Å²) in [5, 5.41) is 11.7. The van der Waals surface area contributed by atoms with Gasteiger partial charge in [0, 0.05) is 0 Å². The maximum atomic E-state index is 11.3. The number of aryl methyl sites for hydroxylation is 1. The molecule has 0 bridgehead atoms. The Balaban J connectivity index is 2.90. The quantitative estimate of drug-likeness (QED) is 0.806. The van der Waals surface area contributed by atoms with Crippen LogP contribution in [0, 0.1) is 0 Å². The molecule has 0 radical (unpaired) electrons. The lowest BCUT2D eigenvalue weighted by atomic mass is 9.96. The molecule has 3 nitrogen and oxygen atoms in total. The van der Waals surface area contributed by atoms with Gasteiger partial charge in [0.2, 0.25) is 0 Å². The van der Waals surface area contributed by atoms with Gasteiger partial charge >= 0.3 is 0 Å². The molecule has 2 aromatic rings. The zero-order valence-corrected chi connectivity index (χ0v) is 9.03. The lowest BCUT2D eigenvalue weighted by molar-refractivity contribution is 0.0997. The SMILES string of the molecule is CCc1c(C(N)=O)c(O)cc2ccccc12. The largest absolute Gasteiger partial charge is 0.507 e. The molecule has 2 rings (SSSR count). The van der Waals surface area contributed by atoms with Crippen LogP contribution in [0.25, 0.3) is 10.8 Å². The Morgan fingerprint density at radius 1 is 1.38 bits per heavy atom. The molecule has 0 saturated carbocycles. The molecule has 0 fully saturated rings. The van der Waals surface area contributed by atoms with Crippen molar-refractivity contribution in [3.63, 3.8) is 0 Å². The van der Waals surface area contributed by atoms with Crippen LogP contribution in [0.1, 0.15) is 22.8 Å². The Kier molecular flexibility index (Phi) is 2.52. The summed E-state index contributed by atoms with van der Waals surface area (Å²) in [7, 11) is 0. The number of aromatic hydroxyl groups is 1. The molecule has 0 saturated heterocycles. The van der Waals surface area contributed by atoms with E-state index in [2.05, 4.69) is 0 Å². The summed E-state index contributed by atoms with van der Waals surface area (Å²) in [5.74, 6) is -0.622. The van der Waals surface area contributed by atoms with E-state index in [1.807, 2.05) is 31.2 Å². The molecule has 0 aliphatic rings. The molecule has 0 heterocycles. The first-order valence-electron chi connectivity index (χ1n) is 5.18. The molecule has 3 N–H and O–H groups in total. The Hall–Kier alpha value is -2.03. The highest BCUT2D eigenvalue weighted by Crippen LogP contribution is 2.30. The van der Waals surface area contributed by atoms with Crippen LogP contribution < -0.4 is 5.73 Å². The number of hydrogen-bond donors (Lipinski definition) is 2. The second-order valence-electron chi connectivity index (χ2n) is 3.69. The third-order valence-electron chi connectivity index (χ3n) is 2.74. The van der Waals surface area contributed by atoms with E-state index in [-0.39, 0.29) is 11.3 Å². The molecule has 0 atom stereocenters. The average molecular weight is 215 g/mol. The van der Waals surface area contributed by atoms with Crippen molar-refractivity contribution in [1.82, 2.24) is 0 Å². The first kappa shape index (κ1) is 10.5. The van der Waals surface area contributed by atoms with Gasteiger partial charge in [0.15, 0.2) is 0 Å².